The predicted molar refractivity (Wildman–Crippen MR) is 82.6 cm³/mol. The Morgan fingerprint density at radius 1 is 1.35 bits per heavy atom. The van der Waals surface area contributed by atoms with Crippen LogP contribution in [0.15, 0.2) is 18.3 Å². The zero-order valence-electron chi connectivity index (χ0n) is 12.7. The van der Waals surface area contributed by atoms with Gasteiger partial charge in [0.15, 0.2) is 0 Å². The molecule has 0 aliphatic carbocycles. The van der Waals surface area contributed by atoms with Gasteiger partial charge in [-0.3, -0.25) is 0 Å². The number of aryl methyl sites for hydroxylation is 2. The number of carboxylic acids is 1. The predicted octanol–water partition coefficient (Wildman–Crippen LogP) is 4.57. The first-order valence-corrected chi connectivity index (χ1v) is 7.32. The molecular formula is C17H23NO2. The summed E-state index contributed by atoms with van der Waals surface area (Å²) in [5, 5.41) is 10.4. The van der Waals surface area contributed by atoms with Crippen molar-refractivity contribution in [2.24, 2.45) is 0 Å². The summed E-state index contributed by atoms with van der Waals surface area (Å²) in [7, 11) is 0. The van der Waals surface area contributed by atoms with E-state index >= 15 is 0 Å². The summed E-state index contributed by atoms with van der Waals surface area (Å²) in [5.41, 5.74) is 3.87. The quantitative estimate of drug-likeness (QED) is 0.867. The average Bonchev–Trinajstić information content (AvgIpc) is 2.72. The van der Waals surface area contributed by atoms with Gasteiger partial charge in [-0.2, -0.15) is 0 Å². The second-order valence-electron chi connectivity index (χ2n) is 5.78. The van der Waals surface area contributed by atoms with Gasteiger partial charge in [0.05, 0.1) is 11.1 Å². The van der Waals surface area contributed by atoms with E-state index in [1.165, 1.54) is 5.52 Å². The summed E-state index contributed by atoms with van der Waals surface area (Å²) in [5.74, 6) is -0.541. The summed E-state index contributed by atoms with van der Waals surface area (Å²) >= 11 is 0. The van der Waals surface area contributed by atoms with Crippen molar-refractivity contribution >= 4 is 16.9 Å². The molecule has 2 aromatic rings. The van der Waals surface area contributed by atoms with E-state index in [2.05, 4.69) is 38.5 Å². The Morgan fingerprint density at radius 3 is 2.60 bits per heavy atom. The minimum atomic E-state index is -0.852. The van der Waals surface area contributed by atoms with Gasteiger partial charge >= 0.3 is 5.97 Å². The largest absolute Gasteiger partial charge is 0.478 e. The Hall–Kier alpha value is -1.77. The Labute approximate surface area is 120 Å². The van der Waals surface area contributed by atoms with Crippen LogP contribution >= 0.6 is 0 Å². The number of nitrogens with zero attached hydrogens (tertiary/aromatic N) is 1. The third kappa shape index (κ3) is 2.58. The second-order valence-corrected chi connectivity index (χ2v) is 5.78. The number of carbonyl (C=O) groups is 1. The molecule has 0 fully saturated rings. The molecule has 0 saturated carbocycles. The Kier molecular flexibility index (Phi) is 4.17. The van der Waals surface area contributed by atoms with Crippen molar-refractivity contribution in [3.8, 4) is 0 Å². The lowest BCUT2D eigenvalue weighted by atomic mass is 9.96. The van der Waals surface area contributed by atoms with E-state index in [0.717, 1.165) is 35.9 Å². The lowest BCUT2D eigenvalue weighted by Gasteiger charge is -2.13. The van der Waals surface area contributed by atoms with E-state index in [-0.39, 0.29) is 0 Å². The van der Waals surface area contributed by atoms with E-state index in [9.17, 15) is 9.90 Å². The average molecular weight is 273 g/mol. The van der Waals surface area contributed by atoms with Crippen molar-refractivity contribution in [2.75, 3.05) is 0 Å². The Morgan fingerprint density at radius 2 is 2.05 bits per heavy atom. The lowest BCUT2D eigenvalue weighted by Crippen LogP contribution is -2.03. The smallest absolute Gasteiger partial charge is 0.335 e. The number of hydrogen-bond donors (Lipinski definition) is 1. The highest BCUT2D eigenvalue weighted by Crippen LogP contribution is 2.31. The molecular weight excluding hydrogens is 250 g/mol. The number of fused-ring (bicyclic) bond motifs is 1. The number of aromatic nitrogens is 1. The maximum Gasteiger partial charge on any atom is 0.335 e. The topological polar surface area (TPSA) is 42.2 Å². The van der Waals surface area contributed by atoms with Gasteiger partial charge in [-0.1, -0.05) is 27.2 Å². The van der Waals surface area contributed by atoms with E-state index in [1.807, 2.05) is 6.07 Å². The van der Waals surface area contributed by atoms with Crippen LogP contribution in [0.2, 0.25) is 0 Å². The summed E-state index contributed by atoms with van der Waals surface area (Å²) in [4.78, 5) is 11.3. The highest BCUT2D eigenvalue weighted by Gasteiger charge is 2.16. The first-order chi connectivity index (χ1) is 9.45. The minimum absolute atomic E-state index is 0.312. The molecule has 1 aromatic carbocycles. The summed E-state index contributed by atoms with van der Waals surface area (Å²) < 4.78 is 2.29. The summed E-state index contributed by atoms with van der Waals surface area (Å²) in [6.07, 6.45) is 4.45. The van der Waals surface area contributed by atoms with Gasteiger partial charge < -0.3 is 9.67 Å². The zero-order valence-corrected chi connectivity index (χ0v) is 12.7. The molecule has 0 spiro atoms. The molecule has 0 atom stereocenters. The molecule has 0 aliphatic heterocycles. The molecule has 3 heteroatoms. The van der Waals surface area contributed by atoms with Crippen molar-refractivity contribution in [3.05, 3.63) is 35.0 Å². The molecule has 108 valence electrons. The third-order valence-electron chi connectivity index (χ3n) is 3.82. The van der Waals surface area contributed by atoms with E-state index in [0.29, 0.717) is 11.5 Å². The molecule has 0 unspecified atom stereocenters. The monoisotopic (exact) mass is 273 g/mol. The van der Waals surface area contributed by atoms with Crippen LogP contribution in [0.5, 0.6) is 0 Å². The van der Waals surface area contributed by atoms with Crippen molar-refractivity contribution in [3.63, 3.8) is 0 Å². The van der Waals surface area contributed by atoms with E-state index < -0.39 is 5.97 Å². The van der Waals surface area contributed by atoms with Crippen LogP contribution in [0.25, 0.3) is 10.9 Å². The molecule has 0 aliphatic rings. The molecule has 1 N–H and O–H groups in total. The first kappa shape index (κ1) is 14.6. The molecule has 1 heterocycles. The summed E-state index contributed by atoms with van der Waals surface area (Å²) in [6.45, 7) is 9.47. The molecule has 0 saturated heterocycles. The molecule has 3 nitrogen and oxygen atoms in total. The van der Waals surface area contributed by atoms with Crippen molar-refractivity contribution in [1.82, 2.24) is 4.57 Å². The number of aromatic carboxylic acids is 1. The number of carboxylic acid groups (broad SMARTS) is 1. The van der Waals surface area contributed by atoms with Crippen molar-refractivity contribution in [2.45, 2.75) is 53.0 Å². The highest BCUT2D eigenvalue weighted by molar-refractivity contribution is 5.96. The summed E-state index contributed by atoms with van der Waals surface area (Å²) in [6, 6.07) is 3.64. The zero-order chi connectivity index (χ0) is 14.9. The molecule has 20 heavy (non-hydrogen) atoms. The van der Waals surface area contributed by atoms with Crippen LogP contribution in [0, 0.1) is 6.92 Å². The molecule has 1 aromatic heterocycles. The molecule has 2 rings (SSSR count). The fourth-order valence-corrected chi connectivity index (χ4v) is 2.71. The number of rotatable bonds is 5. The second kappa shape index (κ2) is 5.70. The van der Waals surface area contributed by atoms with Crippen LogP contribution in [0.1, 0.15) is 61.0 Å². The Balaban J connectivity index is 2.71. The standard InChI is InChI=1S/C17H23NO2/c1-5-6-7-18-10-12(4)15-9-13(17(19)20)8-14(11(2)3)16(15)18/h8-11H,5-7H2,1-4H3,(H,19,20). The van der Waals surface area contributed by atoms with Gasteiger partial charge in [0.25, 0.3) is 0 Å². The van der Waals surface area contributed by atoms with Crippen LogP contribution in [-0.2, 0) is 6.54 Å². The van der Waals surface area contributed by atoms with Crippen LogP contribution in [0.3, 0.4) is 0 Å². The van der Waals surface area contributed by atoms with E-state index in [1.54, 1.807) is 6.07 Å². The number of benzene rings is 1. The van der Waals surface area contributed by atoms with Gasteiger partial charge in [0.1, 0.15) is 0 Å². The van der Waals surface area contributed by atoms with Crippen molar-refractivity contribution < 1.29 is 9.90 Å². The van der Waals surface area contributed by atoms with Crippen LogP contribution in [0.4, 0.5) is 0 Å². The third-order valence-corrected chi connectivity index (χ3v) is 3.82. The first-order valence-electron chi connectivity index (χ1n) is 7.32. The van der Waals surface area contributed by atoms with Gasteiger partial charge in [0.2, 0.25) is 0 Å². The number of hydrogen-bond acceptors (Lipinski definition) is 1. The normalized spacial score (nSPS) is 11.4. The van der Waals surface area contributed by atoms with Crippen LogP contribution in [-0.4, -0.2) is 15.6 Å². The van der Waals surface area contributed by atoms with E-state index in [4.69, 9.17) is 0 Å². The highest BCUT2D eigenvalue weighted by atomic mass is 16.4. The molecule has 0 bridgehead atoms. The minimum Gasteiger partial charge on any atom is -0.478 e. The fourth-order valence-electron chi connectivity index (χ4n) is 2.71. The van der Waals surface area contributed by atoms with Gasteiger partial charge in [-0.15, -0.1) is 0 Å². The molecule has 0 radical (unpaired) electrons. The molecule has 0 amide bonds. The van der Waals surface area contributed by atoms with Gasteiger partial charge in [-0.05, 0) is 42.5 Å². The Bertz CT molecular complexity index is 638. The number of unbranched alkanes of at least 4 members (excludes halogenated alkanes) is 1. The van der Waals surface area contributed by atoms with Gasteiger partial charge in [-0.25, -0.2) is 4.79 Å². The van der Waals surface area contributed by atoms with Gasteiger partial charge in [0, 0.05) is 18.1 Å². The SMILES string of the molecule is CCCCn1cc(C)c2cc(C(=O)O)cc(C(C)C)c21. The van der Waals surface area contributed by atoms with Crippen molar-refractivity contribution in [1.29, 1.82) is 0 Å². The maximum absolute atomic E-state index is 11.3. The fraction of sp³-hybridized carbons (Fsp3) is 0.471. The maximum atomic E-state index is 11.3. The van der Waals surface area contributed by atoms with Crippen LogP contribution < -0.4 is 0 Å². The lowest BCUT2D eigenvalue weighted by molar-refractivity contribution is 0.0697.